The first-order valence-electron chi connectivity index (χ1n) is 19.1. The highest BCUT2D eigenvalue weighted by atomic mass is 15.1. The molecule has 1 aliphatic carbocycles. The second kappa shape index (κ2) is 12.8. The minimum Gasteiger partial charge on any atom is -0.310 e. The van der Waals surface area contributed by atoms with Crippen molar-refractivity contribution in [1.29, 1.82) is 0 Å². The van der Waals surface area contributed by atoms with Crippen LogP contribution in [0.5, 0.6) is 0 Å². The third kappa shape index (κ3) is 5.18. The summed E-state index contributed by atoms with van der Waals surface area (Å²) in [7, 11) is 0. The van der Waals surface area contributed by atoms with E-state index in [0.717, 1.165) is 29.2 Å². The van der Waals surface area contributed by atoms with Crippen molar-refractivity contribution in [1.82, 2.24) is 0 Å². The fraction of sp³-hybridized carbons (Fsp3) is 0.0189. The number of benzene rings is 10. The molecule has 258 valence electrons. The number of hydrogen-bond acceptors (Lipinski definition) is 2. The molecule has 0 N–H and O–H groups in total. The van der Waals surface area contributed by atoms with Crippen LogP contribution >= 0.6 is 0 Å². The lowest BCUT2D eigenvalue weighted by molar-refractivity contribution is 1.22. The highest BCUT2D eigenvalue weighted by molar-refractivity contribution is 6.16. The van der Waals surface area contributed by atoms with E-state index in [-0.39, 0.29) is 0 Å². The Morgan fingerprint density at radius 3 is 1.07 bits per heavy atom. The van der Waals surface area contributed by atoms with E-state index in [1.54, 1.807) is 0 Å². The van der Waals surface area contributed by atoms with E-state index < -0.39 is 0 Å². The van der Waals surface area contributed by atoms with E-state index in [0.29, 0.717) is 0 Å². The average molecular weight is 701 g/mol. The number of hydrogen-bond donors (Lipinski definition) is 0. The standard InChI is InChI=1S/C53H36N2/c1-3-17-40(18-4-1)54(52-34-36-15-7-9-21-44(36)48-23-11-13-25-50(48)52)42-27-29-46-38(32-42)31-39-33-43(28-30-47(39)46)55(41-19-5-2-6-20-41)53-35-37-16-8-10-22-45(37)49-24-12-14-26-51(49)53/h1-30,32-35H,31H2. The van der Waals surface area contributed by atoms with Crippen molar-refractivity contribution in [2.45, 2.75) is 6.42 Å². The van der Waals surface area contributed by atoms with E-state index in [9.17, 15) is 0 Å². The second-order valence-corrected chi connectivity index (χ2v) is 14.5. The number of anilines is 6. The molecule has 0 spiro atoms. The van der Waals surface area contributed by atoms with E-state index >= 15 is 0 Å². The van der Waals surface area contributed by atoms with Gasteiger partial charge in [0.1, 0.15) is 0 Å². The lowest BCUT2D eigenvalue weighted by atomic mass is 9.98. The van der Waals surface area contributed by atoms with Crippen molar-refractivity contribution in [2.24, 2.45) is 0 Å². The van der Waals surface area contributed by atoms with Gasteiger partial charge in [-0.05, 0) is 122 Å². The Morgan fingerprint density at radius 1 is 0.273 bits per heavy atom. The van der Waals surface area contributed by atoms with Crippen molar-refractivity contribution in [3.05, 3.63) is 217 Å². The molecule has 10 aromatic carbocycles. The molecule has 2 heteroatoms. The zero-order valence-corrected chi connectivity index (χ0v) is 30.2. The lowest BCUT2D eigenvalue weighted by Crippen LogP contribution is -2.11. The first-order chi connectivity index (χ1) is 27.3. The molecule has 0 saturated heterocycles. The van der Waals surface area contributed by atoms with Crippen molar-refractivity contribution < 1.29 is 0 Å². The largest absolute Gasteiger partial charge is 0.310 e. The van der Waals surface area contributed by atoms with Gasteiger partial charge < -0.3 is 9.80 Å². The van der Waals surface area contributed by atoms with Crippen LogP contribution in [0.3, 0.4) is 0 Å². The zero-order chi connectivity index (χ0) is 36.3. The minimum absolute atomic E-state index is 0.870. The van der Waals surface area contributed by atoms with Crippen LogP contribution in [0.4, 0.5) is 34.1 Å². The van der Waals surface area contributed by atoms with Crippen LogP contribution in [0.2, 0.25) is 0 Å². The molecule has 10 aromatic rings. The Morgan fingerprint density at radius 2 is 0.636 bits per heavy atom. The quantitative estimate of drug-likeness (QED) is 0.159. The van der Waals surface area contributed by atoms with Gasteiger partial charge in [-0.1, -0.05) is 146 Å². The highest BCUT2D eigenvalue weighted by Gasteiger charge is 2.25. The monoisotopic (exact) mass is 700 g/mol. The SMILES string of the molecule is c1ccc(N(c2ccc3c(c2)Cc2cc(N(c4ccccc4)c4cc5ccccc5c5ccccc45)ccc2-3)c2cc3ccccc3c3ccccc23)cc1. The molecule has 0 bridgehead atoms. The van der Waals surface area contributed by atoms with Crippen LogP contribution < -0.4 is 9.80 Å². The molecule has 0 aliphatic heterocycles. The summed E-state index contributed by atoms with van der Waals surface area (Å²) in [5.41, 5.74) is 12.3. The fourth-order valence-corrected chi connectivity index (χ4v) is 8.91. The van der Waals surface area contributed by atoms with Gasteiger partial charge in [-0.3, -0.25) is 0 Å². The topological polar surface area (TPSA) is 6.48 Å². The summed E-state index contributed by atoms with van der Waals surface area (Å²) in [6, 6.07) is 75.5. The molecular weight excluding hydrogens is 665 g/mol. The fourth-order valence-electron chi connectivity index (χ4n) is 8.91. The number of fused-ring (bicyclic) bond motifs is 9. The van der Waals surface area contributed by atoms with Crippen molar-refractivity contribution in [2.75, 3.05) is 9.80 Å². The van der Waals surface area contributed by atoms with Gasteiger partial charge in [0.15, 0.2) is 0 Å². The molecule has 0 saturated carbocycles. The maximum Gasteiger partial charge on any atom is 0.0546 e. The first kappa shape index (κ1) is 31.4. The number of nitrogens with zero attached hydrogens (tertiary/aromatic N) is 2. The maximum atomic E-state index is 2.44. The van der Waals surface area contributed by atoms with Gasteiger partial charge in [0, 0.05) is 33.5 Å². The van der Waals surface area contributed by atoms with Gasteiger partial charge in [0.25, 0.3) is 0 Å². The normalized spacial score (nSPS) is 11.9. The molecule has 2 nitrogen and oxygen atoms in total. The van der Waals surface area contributed by atoms with E-state index in [2.05, 4.69) is 216 Å². The van der Waals surface area contributed by atoms with Crippen molar-refractivity contribution in [3.63, 3.8) is 0 Å². The zero-order valence-electron chi connectivity index (χ0n) is 30.2. The predicted molar refractivity (Wildman–Crippen MR) is 234 cm³/mol. The van der Waals surface area contributed by atoms with Crippen LogP contribution in [0.1, 0.15) is 11.1 Å². The van der Waals surface area contributed by atoms with Gasteiger partial charge in [-0.25, -0.2) is 0 Å². The summed E-state index contributed by atoms with van der Waals surface area (Å²) < 4.78 is 0. The van der Waals surface area contributed by atoms with Gasteiger partial charge in [0.2, 0.25) is 0 Å². The summed E-state index contributed by atoms with van der Waals surface area (Å²) in [4.78, 5) is 4.87. The predicted octanol–water partition coefficient (Wildman–Crippen LogP) is 14.8. The molecule has 11 rings (SSSR count). The Hall–Kier alpha value is -7.16. The summed E-state index contributed by atoms with van der Waals surface area (Å²) in [5, 5.41) is 10.0. The Bertz CT molecular complexity index is 2870. The Balaban J connectivity index is 1.04. The van der Waals surface area contributed by atoms with E-state index in [4.69, 9.17) is 0 Å². The highest BCUT2D eigenvalue weighted by Crippen LogP contribution is 2.48. The van der Waals surface area contributed by atoms with Gasteiger partial charge in [-0.15, -0.1) is 0 Å². The third-order valence-electron chi connectivity index (χ3n) is 11.4. The second-order valence-electron chi connectivity index (χ2n) is 14.5. The van der Waals surface area contributed by atoms with Crippen LogP contribution in [-0.2, 0) is 6.42 Å². The van der Waals surface area contributed by atoms with Crippen LogP contribution in [-0.4, -0.2) is 0 Å². The minimum atomic E-state index is 0.870. The molecule has 0 atom stereocenters. The van der Waals surface area contributed by atoms with Crippen molar-refractivity contribution in [3.8, 4) is 11.1 Å². The summed E-state index contributed by atoms with van der Waals surface area (Å²) in [6.07, 6.45) is 0.870. The molecule has 1 aliphatic rings. The molecule has 55 heavy (non-hydrogen) atoms. The molecule has 0 unspecified atom stereocenters. The van der Waals surface area contributed by atoms with E-state index in [1.807, 2.05) is 0 Å². The number of rotatable bonds is 6. The summed E-state index contributed by atoms with van der Waals surface area (Å²) >= 11 is 0. The van der Waals surface area contributed by atoms with Crippen molar-refractivity contribution >= 4 is 77.2 Å². The molecule has 0 radical (unpaired) electrons. The van der Waals surface area contributed by atoms with Gasteiger partial charge >= 0.3 is 0 Å². The maximum absolute atomic E-state index is 2.44. The molecule has 0 amide bonds. The molecule has 0 heterocycles. The smallest absolute Gasteiger partial charge is 0.0546 e. The van der Waals surface area contributed by atoms with Gasteiger partial charge in [-0.2, -0.15) is 0 Å². The first-order valence-corrected chi connectivity index (χ1v) is 19.1. The summed E-state index contributed by atoms with van der Waals surface area (Å²) in [6.45, 7) is 0. The lowest BCUT2D eigenvalue weighted by Gasteiger charge is -2.28. The molecule has 0 aromatic heterocycles. The van der Waals surface area contributed by atoms with Crippen LogP contribution in [0.25, 0.3) is 54.2 Å². The third-order valence-corrected chi connectivity index (χ3v) is 11.4. The van der Waals surface area contributed by atoms with Gasteiger partial charge in [0.05, 0.1) is 11.4 Å². The Labute approximate surface area is 320 Å². The van der Waals surface area contributed by atoms with Crippen LogP contribution in [0.15, 0.2) is 206 Å². The van der Waals surface area contributed by atoms with E-state index in [1.165, 1.54) is 76.7 Å². The molecular formula is C53H36N2. The summed E-state index contributed by atoms with van der Waals surface area (Å²) in [5.74, 6) is 0. The van der Waals surface area contributed by atoms with Crippen LogP contribution in [0, 0.1) is 0 Å². The molecule has 0 fully saturated rings. The Kier molecular flexibility index (Phi) is 7.28. The average Bonchev–Trinajstić information content (AvgIpc) is 3.62. The number of para-hydroxylation sites is 2.